The molecule has 4 rings (SSSR count). The number of rotatable bonds is 8. The number of benzene rings is 1. The van der Waals surface area contributed by atoms with Gasteiger partial charge in [0, 0.05) is 30.5 Å². The molecule has 2 aromatic heterocycles. The van der Waals surface area contributed by atoms with E-state index in [4.69, 9.17) is 9.47 Å². The van der Waals surface area contributed by atoms with Gasteiger partial charge in [-0.25, -0.2) is 4.98 Å². The zero-order chi connectivity index (χ0) is 21.6. The fourth-order valence-corrected chi connectivity index (χ4v) is 4.45. The van der Waals surface area contributed by atoms with Crippen LogP contribution in [0.4, 0.5) is 5.13 Å². The molecule has 3 aromatic rings. The van der Waals surface area contributed by atoms with E-state index in [1.807, 2.05) is 42.6 Å². The zero-order valence-corrected chi connectivity index (χ0v) is 18.5. The van der Waals surface area contributed by atoms with Crippen LogP contribution in [0, 0.1) is 0 Å². The second kappa shape index (κ2) is 9.78. The molecule has 2 unspecified atom stereocenters. The van der Waals surface area contributed by atoms with Crippen molar-refractivity contribution in [3.8, 4) is 11.5 Å². The summed E-state index contributed by atoms with van der Waals surface area (Å²) in [6, 6.07) is 9.25. The first kappa shape index (κ1) is 21.1. The number of nitrogens with one attached hydrogen (secondary N) is 1. The quantitative estimate of drug-likeness (QED) is 0.573. The maximum atomic E-state index is 13.0. The van der Waals surface area contributed by atoms with E-state index in [-0.39, 0.29) is 18.0 Å². The lowest BCUT2D eigenvalue weighted by atomic mass is 10.1. The van der Waals surface area contributed by atoms with Gasteiger partial charge in [0.05, 0.1) is 13.2 Å². The van der Waals surface area contributed by atoms with Crippen molar-refractivity contribution in [1.82, 2.24) is 15.3 Å². The molecule has 7 nitrogen and oxygen atoms in total. The second-order valence-corrected chi connectivity index (χ2v) is 8.32. The number of methoxy groups -OCH3 is 1. The van der Waals surface area contributed by atoms with Gasteiger partial charge in [-0.15, -0.1) is 11.3 Å². The Morgan fingerprint density at radius 3 is 2.84 bits per heavy atom. The Balaban J connectivity index is 1.41. The Morgan fingerprint density at radius 1 is 1.26 bits per heavy atom. The molecular weight excluding hydrogens is 412 g/mol. The third kappa shape index (κ3) is 4.96. The maximum absolute atomic E-state index is 13.0. The van der Waals surface area contributed by atoms with Gasteiger partial charge in [-0.2, -0.15) is 0 Å². The average molecular weight is 439 g/mol. The summed E-state index contributed by atoms with van der Waals surface area (Å²) in [6.45, 7) is 3.27. The van der Waals surface area contributed by atoms with E-state index in [1.165, 1.54) is 0 Å². The molecule has 8 heteroatoms. The number of carbonyl (C=O) groups excluding carboxylic acids is 1. The van der Waals surface area contributed by atoms with E-state index >= 15 is 0 Å². The Labute approximate surface area is 186 Å². The summed E-state index contributed by atoms with van der Waals surface area (Å²) in [6.07, 6.45) is 7.08. The highest BCUT2D eigenvalue weighted by Crippen LogP contribution is 2.32. The number of anilines is 1. The van der Waals surface area contributed by atoms with E-state index in [9.17, 15) is 4.79 Å². The molecule has 1 fully saturated rings. The monoisotopic (exact) mass is 438 g/mol. The lowest BCUT2D eigenvalue weighted by Crippen LogP contribution is -2.44. The summed E-state index contributed by atoms with van der Waals surface area (Å²) in [5, 5.41) is 6.00. The lowest BCUT2D eigenvalue weighted by molar-refractivity contribution is -0.122. The maximum Gasteiger partial charge on any atom is 0.243 e. The molecule has 0 saturated carbocycles. The average Bonchev–Trinajstić information content (AvgIpc) is 3.50. The van der Waals surface area contributed by atoms with Gasteiger partial charge >= 0.3 is 0 Å². The number of hydrogen-bond acceptors (Lipinski definition) is 7. The summed E-state index contributed by atoms with van der Waals surface area (Å²) in [7, 11) is 1.62. The van der Waals surface area contributed by atoms with Crippen LogP contribution < -0.4 is 19.7 Å². The molecule has 31 heavy (non-hydrogen) atoms. The molecule has 3 heterocycles. The Morgan fingerprint density at radius 2 is 2.10 bits per heavy atom. The minimum Gasteiger partial charge on any atom is -0.493 e. The first-order chi connectivity index (χ1) is 15.2. The minimum absolute atomic E-state index is 0.0252. The van der Waals surface area contributed by atoms with Gasteiger partial charge in [-0.05, 0) is 55.2 Å². The van der Waals surface area contributed by atoms with Crippen molar-refractivity contribution in [2.45, 2.75) is 38.5 Å². The van der Waals surface area contributed by atoms with Gasteiger partial charge < -0.3 is 19.7 Å². The largest absolute Gasteiger partial charge is 0.493 e. The van der Waals surface area contributed by atoms with Crippen molar-refractivity contribution in [3.63, 3.8) is 0 Å². The lowest BCUT2D eigenvalue weighted by Gasteiger charge is -2.25. The highest BCUT2D eigenvalue weighted by atomic mass is 32.1. The minimum atomic E-state index is -0.182. The number of ether oxygens (including phenoxy) is 2. The van der Waals surface area contributed by atoms with E-state index in [2.05, 4.69) is 20.2 Å². The molecule has 2 atom stereocenters. The first-order valence-electron chi connectivity index (χ1n) is 10.3. The van der Waals surface area contributed by atoms with Gasteiger partial charge in [0.25, 0.3) is 0 Å². The molecule has 162 valence electrons. The number of pyridine rings is 1. The van der Waals surface area contributed by atoms with Crippen LogP contribution in [0.1, 0.15) is 36.9 Å². The number of hydrogen-bond donors (Lipinski definition) is 1. The predicted octanol–water partition coefficient (Wildman–Crippen LogP) is 3.97. The van der Waals surface area contributed by atoms with Crippen molar-refractivity contribution in [3.05, 3.63) is 65.4 Å². The Bertz CT molecular complexity index is 997. The van der Waals surface area contributed by atoms with Crippen molar-refractivity contribution in [2.24, 2.45) is 0 Å². The van der Waals surface area contributed by atoms with Crippen LogP contribution in [-0.2, 0) is 11.4 Å². The molecule has 1 amide bonds. The second-order valence-electron chi connectivity index (χ2n) is 7.45. The van der Waals surface area contributed by atoms with Crippen LogP contribution in [-0.4, -0.2) is 35.6 Å². The normalized spacial score (nSPS) is 16.7. The fraction of sp³-hybridized carbons (Fsp3) is 0.348. The Kier molecular flexibility index (Phi) is 6.66. The number of aromatic nitrogens is 2. The van der Waals surface area contributed by atoms with Crippen LogP contribution in [0.5, 0.6) is 11.5 Å². The SMILES string of the molecule is COc1cc(C(C)NC(=O)C2CCCN2c2nccs2)ccc1OCc1ccncc1. The third-order valence-electron chi connectivity index (χ3n) is 5.41. The molecule has 1 aliphatic heterocycles. The van der Waals surface area contributed by atoms with Crippen LogP contribution in [0.15, 0.2) is 54.3 Å². The number of amides is 1. The highest BCUT2D eigenvalue weighted by molar-refractivity contribution is 7.13. The van der Waals surface area contributed by atoms with Crippen LogP contribution >= 0.6 is 11.3 Å². The van der Waals surface area contributed by atoms with Crippen LogP contribution in [0.2, 0.25) is 0 Å². The van der Waals surface area contributed by atoms with Crippen LogP contribution in [0.25, 0.3) is 0 Å². The van der Waals surface area contributed by atoms with Crippen molar-refractivity contribution >= 4 is 22.4 Å². The van der Waals surface area contributed by atoms with Crippen LogP contribution in [0.3, 0.4) is 0 Å². The number of nitrogens with zero attached hydrogens (tertiary/aromatic N) is 3. The van der Waals surface area contributed by atoms with Crippen molar-refractivity contribution < 1.29 is 14.3 Å². The summed E-state index contributed by atoms with van der Waals surface area (Å²) in [4.78, 5) is 23.5. The van der Waals surface area contributed by atoms with E-state index in [0.717, 1.165) is 35.6 Å². The molecule has 1 aromatic carbocycles. The third-order valence-corrected chi connectivity index (χ3v) is 6.22. The molecule has 1 aliphatic rings. The molecule has 1 saturated heterocycles. The van der Waals surface area contributed by atoms with E-state index < -0.39 is 0 Å². The molecule has 0 bridgehead atoms. The summed E-state index contributed by atoms with van der Waals surface area (Å²) < 4.78 is 11.4. The number of thiazole rings is 1. The van der Waals surface area contributed by atoms with Crippen molar-refractivity contribution in [2.75, 3.05) is 18.6 Å². The van der Waals surface area contributed by atoms with E-state index in [1.54, 1.807) is 37.0 Å². The first-order valence-corrected chi connectivity index (χ1v) is 11.2. The summed E-state index contributed by atoms with van der Waals surface area (Å²) >= 11 is 1.57. The van der Waals surface area contributed by atoms with Gasteiger partial charge in [-0.3, -0.25) is 9.78 Å². The fourth-order valence-electron chi connectivity index (χ4n) is 3.73. The highest BCUT2D eigenvalue weighted by Gasteiger charge is 2.32. The van der Waals surface area contributed by atoms with Crippen molar-refractivity contribution in [1.29, 1.82) is 0 Å². The molecule has 0 aliphatic carbocycles. The Hall–Kier alpha value is -3.13. The summed E-state index contributed by atoms with van der Waals surface area (Å²) in [5.74, 6) is 1.32. The van der Waals surface area contributed by atoms with Gasteiger partial charge in [0.15, 0.2) is 16.6 Å². The molecule has 0 spiro atoms. The van der Waals surface area contributed by atoms with Gasteiger partial charge in [0.2, 0.25) is 5.91 Å². The molecular formula is C23H26N4O3S. The number of carbonyl (C=O) groups is 1. The summed E-state index contributed by atoms with van der Waals surface area (Å²) in [5.41, 5.74) is 1.99. The van der Waals surface area contributed by atoms with E-state index in [0.29, 0.717) is 18.1 Å². The zero-order valence-electron chi connectivity index (χ0n) is 17.7. The molecule has 0 radical (unpaired) electrons. The van der Waals surface area contributed by atoms with Gasteiger partial charge in [0.1, 0.15) is 12.6 Å². The topological polar surface area (TPSA) is 76.6 Å². The molecule has 1 N–H and O–H groups in total. The van der Waals surface area contributed by atoms with Gasteiger partial charge in [-0.1, -0.05) is 6.07 Å². The predicted molar refractivity (Wildman–Crippen MR) is 121 cm³/mol. The standard InChI is InChI=1S/C23H26N4O3S/c1-16(26-22(28)19-4-3-12-27(19)23-25-11-13-31-23)18-5-6-20(21(14-18)29-2)30-15-17-7-9-24-10-8-17/h5-11,13-14,16,19H,3-4,12,15H2,1-2H3,(H,26,28). The smallest absolute Gasteiger partial charge is 0.243 e.